The molecule has 0 saturated heterocycles. The molecular formula is C29H23ClN6O4. The maximum atomic E-state index is 13.5. The number of rotatable bonds is 8. The molecule has 0 bridgehead atoms. The second-order valence-electron chi connectivity index (χ2n) is 9.17. The number of carbonyl (C=O) groups is 2. The molecule has 1 aliphatic heterocycles. The van der Waals surface area contributed by atoms with Crippen LogP contribution in [0.1, 0.15) is 57.4 Å². The average Bonchev–Trinajstić information content (AvgIpc) is 3.69. The van der Waals surface area contributed by atoms with E-state index in [0.29, 0.717) is 29.2 Å². The number of imidazole rings is 1. The number of fused-ring (bicyclic) bond motifs is 1. The number of hydrogen-bond acceptors (Lipinski definition) is 8. The zero-order valence-corrected chi connectivity index (χ0v) is 22.1. The van der Waals surface area contributed by atoms with Crippen molar-refractivity contribution in [2.24, 2.45) is 0 Å². The van der Waals surface area contributed by atoms with E-state index in [2.05, 4.69) is 25.6 Å². The van der Waals surface area contributed by atoms with Crippen LogP contribution < -0.4 is 0 Å². The fourth-order valence-electron chi connectivity index (χ4n) is 4.88. The standard InChI is InChI=1S/C29H23ClN6O4/c1-2-9-23-31-25(30)24(28(38)40-29-22-15-8-7-14-21(22)27(37)39-29)36(23)16-17-10-3-4-11-18(17)19-12-5-6-13-20(19)26-32-34-35-33-26/h3-8,10-15,29H,2,9,16H2,1H3,(H,32,33,34,35). The molecule has 3 heterocycles. The Morgan fingerprint density at radius 2 is 1.70 bits per heavy atom. The minimum Gasteiger partial charge on any atom is -0.417 e. The Morgan fingerprint density at radius 1 is 1.00 bits per heavy atom. The second-order valence-corrected chi connectivity index (χ2v) is 9.53. The Bertz CT molecular complexity index is 1720. The highest BCUT2D eigenvalue weighted by Gasteiger charge is 2.35. The maximum absolute atomic E-state index is 13.5. The van der Waals surface area contributed by atoms with Gasteiger partial charge in [-0.3, -0.25) is 0 Å². The van der Waals surface area contributed by atoms with E-state index in [-0.39, 0.29) is 17.4 Å². The van der Waals surface area contributed by atoms with Crippen LogP contribution in [0.4, 0.5) is 0 Å². The summed E-state index contributed by atoms with van der Waals surface area (Å²) in [6.07, 6.45) is 0.215. The van der Waals surface area contributed by atoms with Gasteiger partial charge in [0.15, 0.2) is 10.8 Å². The van der Waals surface area contributed by atoms with Crippen molar-refractivity contribution in [1.82, 2.24) is 30.2 Å². The molecule has 0 saturated carbocycles. The van der Waals surface area contributed by atoms with Gasteiger partial charge in [-0.15, -0.1) is 10.2 Å². The Balaban J connectivity index is 1.38. The number of carbonyl (C=O) groups excluding carboxylic acids is 2. The lowest BCUT2D eigenvalue weighted by Gasteiger charge is -2.17. The van der Waals surface area contributed by atoms with Crippen molar-refractivity contribution in [2.75, 3.05) is 0 Å². The van der Waals surface area contributed by atoms with Crippen molar-refractivity contribution in [3.63, 3.8) is 0 Å². The first-order chi connectivity index (χ1) is 19.5. The van der Waals surface area contributed by atoms with E-state index in [1.807, 2.05) is 55.5 Å². The smallest absolute Gasteiger partial charge is 0.361 e. The van der Waals surface area contributed by atoms with Gasteiger partial charge in [-0.05, 0) is 34.4 Å². The molecule has 1 aliphatic rings. The van der Waals surface area contributed by atoms with E-state index < -0.39 is 18.2 Å². The summed E-state index contributed by atoms with van der Waals surface area (Å²) >= 11 is 6.54. The number of hydrogen-bond donors (Lipinski definition) is 1. The number of ether oxygens (including phenoxy) is 2. The highest BCUT2D eigenvalue weighted by Crippen LogP contribution is 2.35. The van der Waals surface area contributed by atoms with E-state index in [4.69, 9.17) is 21.1 Å². The highest BCUT2D eigenvalue weighted by molar-refractivity contribution is 6.32. The molecule has 40 heavy (non-hydrogen) atoms. The number of halogens is 1. The fraction of sp³-hybridized carbons (Fsp3) is 0.172. The number of aryl methyl sites for hydroxylation is 1. The number of cyclic esters (lactones) is 1. The minimum absolute atomic E-state index is 0.0238. The molecule has 2 aromatic heterocycles. The van der Waals surface area contributed by atoms with Gasteiger partial charge in [-0.25, -0.2) is 14.6 Å². The van der Waals surface area contributed by atoms with E-state index in [1.165, 1.54) is 0 Å². The van der Waals surface area contributed by atoms with Crippen LogP contribution in [0, 0.1) is 0 Å². The number of H-pyrrole nitrogens is 1. The van der Waals surface area contributed by atoms with Crippen LogP contribution in [0.15, 0.2) is 72.8 Å². The first-order valence-electron chi connectivity index (χ1n) is 12.7. The van der Waals surface area contributed by atoms with Crippen LogP contribution in [0.3, 0.4) is 0 Å². The lowest BCUT2D eigenvalue weighted by atomic mass is 9.95. The van der Waals surface area contributed by atoms with Crippen molar-refractivity contribution in [2.45, 2.75) is 32.6 Å². The maximum Gasteiger partial charge on any atom is 0.361 e. The van der Waals surface area contributed by atoms with E-state index in [0.717, 1.165) is 28.7 Å². The Morgan fingerprint density at radius 3 is 2.45 bits per heavy atom. The van der Waals surface area contributed by atoms with Gasteiger partial charge < -0.3 is 14.0 Å². The normalized spacial score (nSPS) is 14.2. The summed E-state index contributed by atoms with van der Waals surface area (Å²) in [5, 5.41) is 14.5. The van der Waals surface area contributed by atoms with Gasteiger partial charge >= 0.3 is 11.9 Å². The summed E-state index contributed by atoms with van der Waals surface area (Å²) < 4.78 is 12.8. The molecule has 0 amide bonds. The number of aromatic amines is 1. The Hall–Kier alpha value is -4.83. The van der Waals surface area contributed by atoms with E-state index in [1.54, 1.807) is 28.8 Å². The molecule has 3 aromatic carbocycles. The molecule has 0 radical (unpaired) electrons. The zero-order valence-electron chi connectivity index (χ0n) is 21.4. The second kappa shape index (κ2) is 10.7. The van der Waals surface area contributed by atoms with E-state index in [9.17, 15) is 9.59 Å². The summed E-state index contributed by atoms with van der Waals surface area (Å²) in [5.41, 5.74) is 4.49. The van der Waals surface area contributed by atoms with Crippen LogP contribution in [-0.4, -0.2) is 42.1 Å². The largest absolute Gasteiger partial charge is 0.417 e. The third-order valence-electron chi connectivity index (χ3n) is 6.68. The molecule has 11 heteroatoms. The lowest BCUT2D eigenvalue weighted by Crippen LogP contribution is -2.18. The number of benzene rings is 3. The molecule has 1 N–H and O–H groups in total. The monoisotopic (exact) mass is 554 g/mol. The van der Waals surface area contributed by atoms with Gasteiger partial charge in [-0.2, -0.15) is 5.21 Å². The summed E-state index contributed by atoms with van der Waals surface area (Å²) in [6.45, 7) is 2.31. The molecular weight excluding hydrogens is 532 g/mol. The third kappa shape index (κ3) is 4.62. The quantitative estimate of drug-likeness (QED) is 0.252. The van der Waals surface area contributed by atoms with Gasteiger partial charge in [-0.1, -0.05) is 85.3 Å². The summed E-state index contributed by atoms with van der Waals surface area (Å²) in [4.78, 5) is 30.3. The Labute approximate surface area is 233 Å². The van der Waals surface area contributed by atoms with Crippen LogP contribution in [0.2, 0.25) is 5.15 Å². The number of tetrazole rings is 1. The van der Waals surface area contributed by atoms with Gasteiger partial charge in [0.25, 0.3) is 6.29 Å². The molecule has 5 aromatic rings. The van der Waals surface area contributed by atoms with Gasteiger partial charge in [0.05, 0.1) is 12.1 Å². The van der Waals surface area contributed by atoms with Crippen molar-refractivity contribution in [1.29, 1.82) is 0 Å². The van der Waals surface area contributed by atoms with Crippen molar-refractivity contribution in [3.05, 3.63) is 106 Å². The molecule has 1 unspecified atom stereocenters. The van der Waals surface area contributed by atoms with Gasteiger partial charge in [0.2, 0.25) is 5.82 Å². The first kappa shape index (κ1) is 25.4. The molecule has 0 fully saturated rings. The number of nitrogens with zero attached hydrogens (tertiary/aromatic N) is 5. The molecule has 200 valence electrons. The fourth-order valence-corrected chi connectivity index (χ4v) is 5.16. The van der Waals surface area contributed by atoms with Gasteiger partial charge in [0.1, 0.15) is 5.82 Å². The Kier molecular flexibility index (Phi) is 6.83. The van der Waals surface area contributed by atoms with Crippen LogP contribution >= 0.6 is 11.6 Å². The molecule has 10 nitrogen and oxygen atoms in total. The van der Waals surface area contributed by atoms with Crippen LogP contribution in [0.5, 0.6) is 0 Å². The number of esters is 2. The highest BCUT2D eigenvalue weighted by atomic mass is 35.5. The number of nitrogens with one attached hydrogen (secondary N) is 1. The molecule has 0 spiro atoms. The van der Waals surface area contributed by atoms with Crippen molar-refractivity contribution >= 4 is 23.5 Å². The average molecular weight is 555 g/mol. The van der Waals surface area contributed by atoms with Crippen molar-refractivity contribution < 1.29 is 19.1 Å². The molecule has 1 atom stereocenters. The van der Waals surface area contributed by atoms with Crippen molar-refractivity contribution in [3.8, 4) is 22.5 Å². The third-order valence-corrected chi connectivity index (χ3v) is 6.95. The summed E-state index contributed by atoms with van der Waals surface area (Å²) in [7, 11) is 0. The van der Waals surface area contributed by atoms with E-state index >= 15 is 0 Å². The summed E-state index contributed by atoms with van der Waals surface area (Å²) in [5.74, 6) is -0.171. The lowest BCUT2D eigenvalue weighted by molar-refractivity contribution is -0.0729. The molecule has 6 rings (SSSR count). The van der Waals surface area contributed by atoms with Crippen LogP contribution in [-0.2, 0) is 22.4 Å². The summed E-state index contributed by atoms with van der Waals surface area (Å²) in [6, 6.07) is 22.4. The SMILES string of the molecule is CCCc1nc(Cl)c(C(=O)OC2OC(=O)c3ccccc32)n1Cc1ccccc1-c1ccccc1-c1nn[nH]n1. The zero-order chi connectivity index (χ0) is 27.6. The van der Waals surface area contributed by atoms with Gasteiger partial charge in [0, 0.05) is 17.5 Å². The predicted molar refractivity (Wildman–Crippen MR) is 145 cm³/mol. The molecule has 0 aliphatic carbocycles. The topological polar surface area (TPSA) is 125 Å². The minimum atomic E-state index is -1.17. The van der Waals surface area contributed by atoms with Crippen LogP contribution in [0.25, 0.3) is 22.5 Å². The predicted octanol–water partition coefficient (Wildman–Crippen LogP) is 5.41. The first-order valence-corrected chi connectivity index (χ1v) is 13.1. The number of aromatic nitrogens is 6.